The first-order valence-electron chi connectivity index (χ1n) is 10.4. The Bertz CT molecular complexity index is 973. The van der Waals surface area contributed by atoms with E-state index in [1.165, 1.54) is 0 Å². The van der Waals surface area contributed by atoms with Crippen LogP contribution in [0.15, 0.2) is 36.4 Å². The van der Waals surface area contributed by atoms with Gasteiger partial charge in [0.15, 0.2) is 5.79 Å². The Balaban J connectivity index is 1.48. The summed E-state index contributed by atoms with van der Waals surface area (Å²) >= 11 is 0. The van der Waals surface area contributed by atoms with Crippen molar-refractivity contribution in [3.05, 3.63) is 47.5 Å². The zero-order valence-electron chi connectivity index (χ0n) is 17.3. The number of pyridine rings is 1. The molecular weight excluding hydrogens is 384 g/mol. The monoisotopic (exact) mass is 410 g/mol. The van der Waals surface area contributed by atoms with Gasteiger partial charge in [-0.25, -0.2) is 0 Å². The molecular formula is C23H26N2O5. The van der Waals surface area contributed by atoms with Gasteiger partial charge in [-0.05, 0) is 32.0 Å². The predicted molar refractivity (Wildman–Crippen MR) is 110 cm³/mol. The van der Waals surface area contributed by atoms with Gasteiger partial charge in [-0.2, -0.15) is 4.98 Å². The molecule has 30 heavy (non-hydrogen) atoms. The quantitative estimate of drug-likeness (QED) is 0.825. The second kappa shape index (κ2) is 6.96. The summed E-state index contributed by atoms with van der Waals surface area (Å²) in [7, 11) is 0. The number of hydrogen-bond donors (Lipinski definition) is 1. The summed E-state index contributed by atoms with van der Waals surface area (Å²) < 4.78 is 17.8. The van der Waals surface area contributed by atoms with Crippen molar-refractivity contribution in [3.63, 3.8) is 0 Å². The van der Waals surface area contributed by atoms with Crippen LogP contribution in [0.2, 0.25) is 0 Å². The van der Waals surface area contributed by atoms with Gasteiger partial charge >= 0.3 is 5.97 Å². The molecule has 2 saturated heterocycles. The fourth-order valence-corrected chi connectivity index (χ4v) is 4.77. The number of carbonyl (C=O) groups is 1. The minimum absolute atomic E-state index is 0.346. The summed E-state index contributed by atoms with van der Waals surface area (Å²) in [6, 6.07) is 11.6. The van der Waals surface area contributed by atoms with Gasteiger partial charge in [0.2, 0.25) is 5.88 Å². The van der Waals surface area contributed by atoms with E-state index in [0.29, 0.717) is 24.8 Å². The van der Waals surface area contributed by atoms with Gasteiger partial charge in [0.25, 0.3) is 0 Å². The van der Waals surface area contributed by atoms with Crippen molar-refractivity contribution in [2.24, 2.45) is 5.41 Å². The Kier molecular flexibility index (Phi) is 4.48. The molecule has 4 heterocycles. The molecule has 5 rings (SSSR count). The van der Waals surface area contributed by atoms with Crippen molar-refractivity contribution in [2.75, 3.05) is 31.2 Å². The average molecular weight is 410 g/mol. The third-order valence-corrected chi connectivity index (χ3v) is 6.56. The lowest BCUT2D eigenvalue weighted by Gasteiger charge is -2.39. The summed E-state index contributed by atoms with van der Waals surface area (Å²) in [4.78, 5) is 19.1. The lowest BCUT2D eigenvalue weighted by molar-refractivity contribution is -0.169. The fraction of sp³-hybridized carbons (Fsp3) is 0.478. The van der Waals surface area contributed by atoms with E-state index in [-0.39, 0.29) is 5.92 Å². The smallest absolute Gasteiger partial charge is 0.310 e. The Morgan fingerprint density at radius 3 is 2.50 bits per heavy atom. The lowest BCUT2D eigenvalue weighted by Crippen LogP contribution is -2.45. The van der Waals surface area contributed by atoms with E-state index < -0.39 is 17.2 Å². The molecule has 0 aliphatic carbocycles. The van der Waals surface area contributed by atoms with Crippen LogP contribution in [0.3, 0.4) is 0 Å². The molecule has 1 atom stereocenters. The fourth-order valence-electron chi connectivity index (χ4n) is 4.77. The molecule has 0 saturated carbocycles. The van der Waals surface area contributed by atoms with Crippen molar-refractivity contribution in [3.8, 4) is 11.6 Å². The summed E-state index contributed by atoms with van der Waals surface area (Å²) in [5.41, 5.74) is 0.676. The van der Waals surface area contributed by atoms with E-state index in [2.05, 4.69) is 4.90 Å². The zero-order valence-corrected chi connectivity index (χ0v) is 17.3. The molecule has 3 aliphatic rings. The van der Waals surface area contributed by atoms with Crippen molar-refractivity contribution in [2.45, 2.75) is 38.4 Å². The number of aliphatic carboxylic acids is 1. The highest BCUT2D eigenvalue weighted by atomic mass is 16.7. The predicted octanol–water partition coefficient (Wildman–Crippen LogP) is 3.77. The summed E-state index contributed by atoms with van der Waals surface area (Å²) in [5, 5.41) is 9.91. The van der Waals surface area contributed by atoms with E-state index in [1.54, 1.807) is 13.8 Å². The Morgan fingerprint density at radius 2 is 1.80 bits per heavy atom. The third kappa shape index (κ3) is 3.04. The Morgan fingerprint density at radius 1 is 1.10 bits per heavy atom. The molecule has 0 amide bonds. The van der Waals surface area contributed by atoms with Crippen LogP contribution in [-0.4, -0.2) is 48.2 Å². The van der Waals surface area contributed by atoms with Gasteiger partial charge in [-0.3, -0.25) is 4.79 Å². The van der Waals surface area contributed by atoms with Crippen molar-refractivity contribution < 1.29 is 24.1 Å². The topological polar surface area (TPSA) is 81.1 Å². The molecule has 158 valence electrons. The van der Waals surface area contributed by atoms with Crippen molar-refractivity contribution >= 4 is 11.8 Å². The lowest BCUT2D eigenvalue weighted by atomic mass is 9.70. The number of rotatable bonds is 3. The highest BCUT2D eigenvalue weighted by molar-refractivity contribution is 5.77. The number of hydrogen-bond acceptors (Lipinski definition) is 6. The number of aromatic nitrogens is 1. The van der Waals surface area contributed by atoms with Crippen LogP contribution in [0.5, 0.6) is 11.6 Å². The Labute approximate surface area is 175 Å². The van der Waals surface area contributed by atoms with Crippen LogP contribution in [0.4, 0.5) is 5.82 Å². The molecule has 7 nitrogen and oxygen atoms in total. The molecule has 2 fully saturated rings. The summed E-state index contributed by atoms with van der Waals surface area (Å²) in [6.07, 6.45) is 1.59. The molecule has 1 aromatic heterocycles. The molecule has 1 aromatic carbocycles. The number of carboxylic acids is 1. The number of anilines is 1. The Hall–Kier alpha value is -2.64. The molecule has 1 N–H and O–H groups in total. The van der Waals surface area contributed by atoms with Crippen LogP contribution >= 0.6 is 0 Å². The molecule has 0 radical (unpaired) electrons. The zero-order chi connectivity index (χ0) is 20.9. The normalized spacial score (nSPS) is 22.3. The van der Waals surface area contributed by atoms with Crippen molar-refractivity contribution in [1.82, 2.24) is 4.98 Å². The first kappa shape index (κ1) is 19.3. The number of piperidine rings is 1. The molecule has 0 bridgehead atoms. The van der Waals surface area contributed by atoms with E-state index in [4.69, 9.17) is 19.2 Å². The van der Waals surface area contributed by atoms with E-state index in [1.807, 2.05) is 36.4 Å². The van der Waals surface area contributed by atoms with E-state index >= 15 is 0 Å². The minimum Gasteiger partial charge on any atom is -0.481 e. The second-order valence-electron chi connectivity index (χ2n) is 8.76. The first-order chi connectivity index (χ1) is 14.4. The van der Waals surface area contributed by atoms with Crippen LogP contribution in [0.25, 0.3) is 0 Å². The third-order valence-electron chi connectivity index (χ3n) is 6.56. The van der Waals surface area contributed by atoms with Crippen LogP contribution in [0, 0.1) is 5.41 Å². The largest absolute Gasteiger partial charge is 0.481 e. The maximum absolute atomic E-state index is 12.1. The number of ether oxygens (including phenoxy) is 3. The SMILES string of the molecule is CC(C)(C(=O)O)[C@H]1c2ccccc2Oc2nc(N3CCC4(CC3)OCCO4)ccc21. The molecule has 3 aliphatic heterocycles. The highest BCUT2D eigenvalue weighted by Gasteiger charge is 2.45. The van der Waals surface area contributed by atoms with Gasteiger partial charge in [-0.15, -0.1) is 0 Å². The van der Waals surface area contributed by atoms with Gasteiger partial charge < -0.3 is 24.2 Å². The first-order valence-corrected chi connectivity index (χ1v) is 10.4. The number of para-hydroxylation sites is 1. The number of benzene rings is 1. The van der Waals surface area contributed by atoms with Gasteiger partial charge in [0.1, 0.15) is 11.6 Å². The number of nitrogens with zero attached hydrogens (tertiary/aromatic N) is 2. The molecule has 0 unspecified atom stereocenters. The standard InChI is InChI=1S/C23H26N2O5/c1-22(2,21(26)27)19-15-5-3-4-6-17(15)30-20-16(19)7-8-18(24-20)25-11-9-23(10-12-25)28-13-14-29-23/h3-8,19H,9-14H2,1-2H3,(H,26,27)/t19-/m0/s1. The summed E-state index contributed by atoms with van der Waals surface area (Å²) in [5.74, 6) is 0.349. The summed E-state index contributed by atoms with van der Waals surface area (Å²) in [6.45, 7) is 6.39. The van der Waals surface area contributed by atoms with Gasteiger partial charge in [0, 0.05) is 43.0 Å². The van der Waals surface area contributed by atoms with E-state index in [9.17, 15) is 9.90 Å². The van der Waals surface area contributed by atoms with E-state index in [0.717, 1.165) is 42.9 Å². The van der Waals surface area contributed by atoms with Crippen LogP contribution in [-0.2, 0) is 14.3 Å². The van der Waals surface area contributed by atoms with Gasteiger partial charge in [-0.1, -0.05) is 18.2 Å². The van der Waals surface area contributed by atoms with Crippen LogP contribution in [0.1, 0.15) is 43.7 Å². The van der Waals surface area contributed by atoms with Gasteiger partial charge in [0.05, 0.1) is 18.6 Å². The maximum Gasteiger partial charge on any atom is 0.310 e. The van der Waals surface area contributed by atoms with Crippen molar-refractivity contribution in [1.29, 1.82) is 0 Å². The number of fused-ring (bicyclic) bond motifs is 2. The maximum atomic E-state index is 12.1. The average Bonchev–Trinajstić information content (AvgIpc) is 3.19. The van der Waals surface area contributed by atoms with Crippen LogP contribution < -0.4 is 9.64 Å². The minimum atomic E-state index is -1.01. The highest BCUT2D eigenvalue weighted by Crippen LogP contribution is 2.51. The molecule has 2 aromatic rings. The molecule has 1 spiro atoms. The number of carboxylic acid groups (broad SMARTS) is 1. The second-order valence-corrected chi connectivity index (χ2v) is 8.76. The molecule has 7 heteroatoms.